The first kappa shape index (κ1) is 16.8. The zero-order chi connectivity index (χ0) is 17.4. The fourth-order valence-electron chi connectivity index (χ4n) is 2.16. The van der Waals surface area contributed by atoms with Gasteiger partial charge in [0.2, 0.25) is 0 Å². The Morgan fingerprint density at radius 3 is 2.25 bits per heavy atom. The van der Waals surface area contributed by atoms with Gasteiger partial charge in [0.05, 0.1) is 0 Å². The van der Waals surface area contributed by atoms with Crippen molar-refractivity contribution < 1.29 is 4.79 Å². The molecule has 0 saturated carbocycles. The van der Waals surface area contributed by atoms with Gasteiger partial charge in [0.25, 0.3) is 5.91 Å². The van der Waals surface area contributed by atoms with Crippen LogP contribution in [0.15, 0.2) is 66.4 Å². The number of nitrogens with one attached hydrogen (secondary N) is 1. The summed E-state index contributed by atoms with van der Waals surface area (Å²) in [4.78, 5) is 14.4. The summed E-state index contributed by atoms with van der Waals surface area (Å²) in [5.74, 6) is -0.0828. The third-order valence-electron chi connectivity index (χ3n) is 3.39. The van der Waals surface area contributed by atoms with Crippen LogP contribution in [-0.2, 0) is 0 Å². The van der Waals surface area contributed by atoms with E-state index in [1.165, 1.54) is 6.20 Å². The highest BCUT2D eigenvalue weighted by Crippen LogP contribution is 2.18. The van der Waals surface area contributed by atoms with E-state index in [4.69, 9.17) is 10.5 Å². The Morgan fingerprint density at radius 1 is 1.08 bits per heavy atom. The van der Waals surface area contributed by atoms with E-state index >= 15 is 0 Å². The lowest BCUT2D eigenvalue weighted by molar-refractivity contribution is 0.0988. The molecule has 0 spiro atoms. The van der Waals surface area contributed by atoms with Crippen molar-refractivity contribution in [1.29, 1.82) is 10.5 Å². The lowest BCUT2D eigenvalue weighted by atomic mass is 10.1. The summed E-state index contributed by atoms with van der Waals surface area (Å²) in [5.41, 5.74) is 2.09. The Balaban J connectivity index is 2.15. The lowest BCUT2D eigenvalue weighted by Crippen LogP contribution is -2.30. The maximum atomic E-state index is 12.7. The number of allylic oxidation sites excluding steroid dienone is 1. The van der Waals surface area contributed by atoms with E-state index in [1.807, 2.05) is 37.3 Å². The summed E-state index contributed by atoms with van der Waals surface area (Å²) in [5, 5.41) is 20.2. The van der Waals surface area contributed by atoms with E-state index in [0.29, 0.717) is 17.8 Å². The Bertz CT molecular complexity index is 795. The fourth-order valence-corrected chi connectivity index (χ4v) is 2.16. The molecule has 1 amide bonds. The monoisotopic (exact) mass is 316 g/mol. The molecule has 2 aromatic carbocycles. The van der Waals surface area contributed by atoms with E-state index in [1.54, 1.807) is 41.3 Å². The van der Waals surface area contributed by atoms with Crippen molar-refractivity contribution in [2.24, 2.45) is 0 Å². The number of para-hydroxylation sites is 1. The van der Waals surface area contributed by atoms with Gasteiger partial charge < -0.3 is 10.2 Å². The number of anilines is 2. The van der Waals surface area contributed by atoms with Gasteiger partial charge in [0.1, 0.15) is 17.7 Å². The molecule has 5 nitrogen and oxygen atoms in total. The van der Waals surface area contributed by atoms with Crippen LogP contribution in [0, 0.1) is 22.7 Å². The third kappa shape index (κ3) is 4.00. The van der Waals surface area contributed by atoms with Gasteiger partial charge in [0.15, 0.2) is 0 Å². The van der Waals surface area contributed by atoms with Crippen LogP contribution in [0.1, 0.15) is 17.3 Å². The standard InChI is InChI=1S/C19H16N4O/c1-2-23(18-6-4-3-5-7-18)19(24)16-8-10-17(11-9-16)22-14-15(12-20)13-21/h3-11,14,22H,2H2,1H3. The van der Waals surface area contributed by atoms with Crippen molar-refractivity contribution in [2.75, 3.05) is 16.8 Å². The predicted molar refractivity (Wildman–Crippen MR) is 93.2 cm³/mol. The van der Waals surface area contributed by atoms with Gasteiger partial charge in [-0.1, -0.05) is 18.2 Å². The molecule has 2 rings (SSSR count). The number of nitrogens with zero attached hydrogens (tertiary/aromatic N) is 3. The number of benzene rings is 2. The average molecular weight is 316 g/mol. The van der Waals surface area contributed by atoms with Crippen LogP contribution < -0.4 is 10.2 Å². The summed E-state index contributed by atoms with van der Waals surface area (Å²) in [6, 6.07) is 19.9. The van der Waals surface area contributed by atoms with Gasteiger partial charge in [-0.05, 0) is 43.3 Å². The van der Waals surface area contributed by atoms with Gasteiger partial charge in [-0.3, -0.25) is 4.79 Å². The molecule has 0 aromatic heterocycles. The van der Waals surface area contributed by atoms with Crippen LogP contribution in [0.2, 0.25) is 0 Å². The van der Waals surface area contributed by atoms with Crippen molar-refractivity contribution in [2.45, 2.75) is 6.92 Å². The number of hydrogen-bond donors (Lipinski definition) is 1. The zero-order valence-corrected chi connectivity index (χ0v) is 13.2. The van der Waals surface area contributed by atoms with Crippen LogP contribution in [0.5, 0.6) is 0 Å². The maximum Gasteiger partial charge on any atom is 0.258 e. The predicted octanol–water partition coefficient (Wildman–Crippen LogP) is 3.70. The van der Waals surface area contributed by atoms with E-state index in [2.05, 4.69) is 5.32 Å². The van der Waals surface area contributed by atoms with Gasteiger partial charge in [-0.25, -0.2) is 0 Å². The van der Waals surface area contributed by atoms with E-state index in [-0.39, 0.29) is 11.5 Å². The van der Waals surface area contributed by atoms with Gasteiger partial charge in [-0.15, -0.1) is 0 Å². The Morgan fingerprint density at radius 2 is 1.71 bits per heavy atom. The molecule has 0 saturated heterocycles. The SMILES string of the molecule is CCN(C(=O)c1ccc(NC=C(C#N)C#N)cc1)c1ccccc1. The maximum absolute atomic E-state index is 12.7. The zero-order valence-electron chi connectivity index (χ0n) is 13.2. The molecule has 0 aliphatic rings. The molecule has 0 atom stereocenters. The minimum absolute atomic E-state index is 0.0172. The van der Waals surface area contributed by atoms with Crippen molar-refractivity contribution in [3.05, 3.63) is 71.9 Å². The second-order valence-electron chi connectivity index (χ2n) is 4.89. The summed E-state index contributed by atoms with van der Waals surface area (Å²) in [6.45, 7) is 2.50. The average Bonchev–Trinajstić information content (AvgIpc) is 2.64. The molecule has 0 bridgehead atoms. The highest BCUT2D eigenvalue weighted by Gasteiger charge is 2.15. The lowest BCUT2D eigenvalue weighted by Gasteiger charge is -2.21. The molecule has 1 N–H and O–H groups in total. The van der Waals surface area contributed by atoms with Crippen molar-refractivity contribution in [3.63, 3.8) is 0 Å². The molecule has 0 heterocycles. The highest BCUT2D eigenvalue weighted by atomic mass is 16.2. The quantitative estimate of drug-likeness (QED) is 0.853. The molecule has 2 aromatic rings. The smallest absolute Gasteiger partial charge is 0.258 e. The molecule has 0 fully saturated rings. The molecule has 24 heavy (non-hydrogen) atoms. The Kier molecular flexibility index (Phi) is 5.71. The number of carbonyl (C=O) groups is 1. The summed E-state index contributed by atoms with van der Waals surface area (Å²) >= 11 is 0. The summed E-state index contributed by atoms with van der Waals surface area (Å²) < 4.78 is 0. The van der Waals surface area contributed by atoms with Crippen molar-refractivity contribution in [3.8, 4) is 12.1 Å². The number of carbonyl (C=O) groups excluding carboxylic acids is 1. The van der Waals surface area contributed by atoms with E-state index < -0.39 is 0 Å². The van der Waals surface area contributed by atoms with Gasteiger partial charge in [-0.2, -0.15) is 10.5 Å². The van der Waals surface area contributed by atoms with Crippen LogP contribution in [0.25, 0.3) is 0 Å². The number of amides is 1. The van der Waals surface area contributed by atoms with Crippen LogP contribution in [-0.4, -0.2) is 12.5 Å². The van der Waals surface area contributed by atoms with Gasteiger partial charge >= 0.3 is 0 Å². The molecule has 0 aliphatic heterocycles. The second kappa shape index (κ2) is 8.17. The molecule has 0 unspecified atom stereocenters. The number of rotatable bonds is 5. The van der Waals surface area contributed by atoms with Crippen molar-refractivity contribution in [1.82, 2.24) is 0 Å². The highest BCUT2D eigenvalue weighted by molar-refractivity contribution is 6.06. The third-order valence-corrected chi connectivity index (χ3v) is 3.39. The van der Waals surface area contributed by atoms with Gasteiger partial charge in [0, 0.05) is 29.7 Å². The summed E-state index contributed by atoms with van der Waals surface area (Å²) in [6.07, 6.45) is 1.33. The molecular weight excluding hydrogens is 300 g/mol. The minimum atomic E-state index is -0.0828. The first-order chi connectivity index (χ1) is 11.7. The van der Waals surface area contributed by atoms with Crippen molar-refractivity contribution >= 4 is 17.3 Å². The van der Waals surface area contributed by atoms with Crippen LogP contribution >= 0.6 is 0 Å². The van der Waals surface area contributed by atoms with E-state index in [0.717, 1.165) is 5.69 Å². The Labute approximate surface area is 141 Å². The number of hydrogen-bond acceptors (Lipinski definition) is 4. The summed E-state index contributed by atoms with van der Waals surface area (Å²) in [7, 11) is 0. The van der Waals surface area contributed by atoms with E-state index in [9.17, 15) is 4.79 Å². The minimum Gasteiger partial charge on any atom is -0.360 e. The normalized spacial score (nSPS) is 9.29. The molecule has 0 aliphatic carbocycles. The molecule has 5 heteroatoms. The largest absolute Gasteiger partial charge is 0.360 e. The number of nitriles is 2. The second-order valence-corrected chi connectivity index (χ2v) is 4.89. The molecule has 0 radical (unpaired) electrons. The molecule has 118 valence electrons. The topological polar surface area (TPSA) is 79.9 Å². The molecular formula is C19H16N4O. The van der Waals surface area contributed by atoms with Crippen LogP contribution in [0.4, 0.5) is 11.4 Å². The van der Waals surface area contributed by atoms with Crippen LogP contribution in [0.3, 0.4) is 0 Å². The first-order valence-corrected chi connectivity index (χ1v) is 7.43. The first-order valence-electron chi connectivity index (χ1n) is 7.43. The Hall–Kier alpha value is -3.57. The fraction of sp³-hybridized carbons (Fsp3) is 0.105.